The molecule has 7 nitrogen and oxygen atoms in total. The maximum absolute atomic E-state index is 13.9. The van der Waals surface area contributed by atoms with Gasteiger partial charge in [0.2, 0.25) is 0 Å². The smallest absolute Gasteiger partial charge is 0.339 e. The predicted molar refractivity (Wildman–Crippen MR) is 162 cm³/mol. The van der Waals surface area contributed by atoms with E-state index in [4.69, 9.17) is 20.5 Å². The van der Waals surface area contributed by atoms with Crippen molar-refractivity contribution in [2.45, 2.75) is 71.1 Å². The Hall–Kier alpha value is -2.94. The van der Waals surface area contributed by atoms with Crippen molar-refractivity contribution in [2.24, 2.45) is 10.8 Å². The molecule has 2 aromatic rings. The number of benzene rings is 2. The van der Waals surface area contributed by atoms with Crippen LogP contribution in [0.3, 0.4) is 0 Å². The maximum atomic E-state index is 13.9. The zero-order chi connectivity index (χ0) is 30.6. The minimum absolute atomic E-state index is 0.0104. The quantitative estimate of drug-likeness (QED) is 0.320. The Bertz CT molecular complexity index is 1560. The summed E-state index contributed by atoms with van der Waals surface area (Å²) in [6.45, 7) is 11.2. The van der Waals surface area contributed by atoms with E-state index in [9.17, 15) is 18.0 Å². The summed E-state index contributed by atoms with van der Waals surface area (Å²) in [7, 11) is -2.47. The number of methoxy groups -OCH3 is 1. The van der Waals surface area contributed by atoms with Crippen LogP contribution in [0.2, 0.25) is 5.02 Å². The van der Waals surface area contributed by atoms with Crippen LogP contribution in [0.15, 0.2) is 69.9 Å². The molecule has 0 saturated carbocycles. The van der Waals surface area contributed by atoms with Crippen molar-refractivity contribution in [2.75, 3.05) is 20.3 Å². The summed E-state index contributed by atoms with van der Waals surface area (Å²) in [4.78, 5) is 30.0. The van der Waals surface area contributed by atoms with Gasteiger partial charge in [0.15, 0.2) is 17.3 Å². The third-order valence-corrected chi connectivity index (χ3v) is 9.88. The summed E-state index contributed by atoms with van der Waals surface area (Å²) in [6.07, 6.45) is 2.10. The lowest BCUT2D eigenvalue weighted by molar-refractivity contribution is -0.119. The number of ketones is 2. The van der Waals surface area contributed by atoms with Gasteiger partial charge in [0.25, 0.3) is 0 Å². The number of nitrogens with zero attached hydrogens (tertiary/aromatic N) is 1. The molecule has 5 rings (SSSR count). The fraction of sp³-hybridized carbons (Fsp3) is 0.455. The average molecular weight is 612 g/mol. The first-order chi connectivity index (χ1) is 19.6. The van der Waals surface area contributed by atoms with Gasteiger partial charge in [-0.25, -0.2) is 0 Å². The number of aryl methyl sites for hydroxylation is 1. The van der Waals surface area contributed by atoms with E-state index >= 15 is 0 Å². The number of allylic oxidation sites excluding steroid dienone is 4. The third kappa shape index (κ3) is 5.81. The third-order valence-electron chi connectivity index (χ3n) is 8.34. The Morgan fingerprint density at radius 3 is 1.93 bits per heavy atom. The zero-order valence-electron chi connectivity index (χ0n) is 25.0. The summed E-state index contributed by atoms with van der Waals surface area (Å²) in [5, 5.41) is 0.0847. The van der Waals surface area contributed by atoms with Gasteiger partial charge >= 0.3 is 10.1 Å². The van der Waals surface area contributed by atoms with Gasteiger partial charge in [-0.1, -0.05) is 63.1 Å². The van der Waals surface area contributed by atoms with Gasteiger partial charge in [-0.2, -0.15) is 8.42 Å². The van der Waals surface area contributed by atoms with E-state index in [-0.39, 0.29) is 38.1 Å². The van der Waals surface area contributed by atoms with E-state index in [2.05, 4.69) is 32.6 Å². The van der Waals surface area contributed by atoms with Crippen molar-refractivity contribution in [3.63, 3.8) is 0 Å². The molecule has 0 saturated heterocycles. The molecule has 0 bridgehead atoms. The van der Waals surface area contributed by atoms with Crippen molar-refractivity contribution in [1.29, 1.82) is 0 Å². The summed E-state index contributed by atoms with van der Waals surface area (Å²) in [5.74, 6) is -0.595. The van der Waals surface area contributed by atoms with Crippen LogP contribution >= 0.6 is 11.6 Å². The molecule has 1 aliphatic heterocycles. The van der Waals surface area contributed by atoms with E-state index in [0.29, 0.717) is 55.5 Å². The molecule has 2 aromatic carbocycles. The van der Waals surface area contributed by atoms with Crippen molar-refractivity contribution in [1.82, 2.24) is 4.90 Å². The van der Waals surface area contributed by atoms with Crippen molar-refractivity contribution < 1.29 is 26.9 Å². The number of halogens is 1. The van der Waals surface area contributed by atoms with Crippen LogP contribution in [0.4, 0.5) is 0 Å². The van der Waals surface area contributed by atoms with Crippen molar-refractivity contribution >= 4 is 33.3 Å². The number of rotatable bonds is 7. The lowest BCUT2D eigenvalue weighted by Gasteiger charge is -2.49. The largest absolute Gasteiger partial charge is 0.383 e. The molecule has 3 aliphatic rings. The molecule has 1 heterocycles. The van der Waals surface area contributed by atoms with E-state index in [1.54, 1.807) is 31.4 Å². The van der Waals surface area contributed by atoms with Gasteiger partial charge in [0.1, 0.15) is 4.90 Å². The topological polar surface area (TPSA) is 90.0 Å². The molecule has 0 amide bonds. The summed E-state index contributed by atoms with van der Waals surface area (Å²) in [5.41, 5.74) is 4.21. The first kappa shape index (κ1) is 30.5. The fourth-order valence-electron chi connectivity index (χ4n) is 6.47. The van der Waals surface area contributed by atoms with Crippen LogP contribution in [0.1, 0.15) is 70.4 Å². The minimum atomic E-state index is -4.12. The normalized spacial score (nSPS) is 20.5. The van der Waals surface area contributed by atoms with Gasteiger partial charge in [-0.3, -0.25) is 9.59 Å². The van der Waals surface area contributed by atoms with Gasteiger partial charge in [-0.15, -0.1) is 0 Å². The minimum Gasteiger partial charge on any atom is -0.383 e. The van der Waals surface area contributed by atoms with Crippen molar-refractivity contribution in [3.8, 4) is 5.75 Å². The Labute approximate surface area is 253 Å². The molecule has 2 aliphatic carbocycles. The van der Waals surface area contributed by atoms with E-state index in [1.807, 2.05) is 6.92 Å². The maximum Gasteiger partial charge on any atom is 0.339 e. The predicted octanol–water partition coefficient (Wildman–Crippen LogP) is 6.75. The van der Waals surface area contributed by atoms with Crippen LogP contribution in [-0.2, 0) is 24.4 Å². The number of carbonyl (C=O) groups excluding carboxylic acids is 2. The highest BCUT2D eigenvalue weighted by molar-refractivity contribution is 7.87. The monoisotopic (exact) mass is 611 g/mol. The molecular weight excluding hydrogens is 574 g/mol. The Kier molecular flexibility index (Phi) is 7.96. The second-order valence-electron chi connectivity index (χ2n) is 13.2. The molecule has 42 heavy (non-hydrogen) atoms. The van der Waals surface area contributed by atoms with E-state index < -0.39 is 16.0 Å². The molecular formula is C33H38ClNO6S. The summed E-state index contributed by atoms with van der Waals surface area (Å²) < 4.78 is 36.8. The van der Waals surface area contributed by atoms with Crippen LogP contribution in [0, 0.1) is 17.8 Å². The van der Waals surface area contributed by atoms with Gasteiger partial charge in [0, 0.05) is 55.0 Å². The Morgan fingerprint density at radius 2 is 1.43 bits per heavy atom. The number of ether oxygens (including phenoxy) is 1. The summed E-state index contributed by atoms with van der Waals surface area (Å²) in [6, 6.07) is 11.2. The van der Waals surface area contributed by atoms with Gasteiger partial charge in [0.05, 0.1) is 11.6 Å². The van der Waals surface area contributed by atoms with Crippen LogP contribution in [0.25, 0.3) is 0 Å². The molecule has 0 fully saturated rings. The fourth-order valence-corrected chi connectivity index (χ4v) is 7.69. The first-order valence-electron chi connectivity index (χ1n) is 14.2. The van der Waals surface area contributed by atoms with Crippen molar-refractivity contribution in [3.05, 3.63) is 81.2 Å². The lowest BCUT2D eigenvalue weighted by Crippen LogP contribution is -2.45. The number of Topliss-reactive ketones (excluding diaryl/α,β-unsaturated/α-hetero) is 2. The molecule has 0 spiro atoms. The highest BCUT2D eigenvalue weighted by Gasteiger charge is 2.49. The highest BCUT2D eigenvalue weighted by atomic mass is 35.5. The molecule has 0 unspecified atom stereocenters. The van der Waals surface area contributed by atoms with Crippen LogP contribution in [-0.4, -0.2) is 45.1 Å². The number of carbonyl (C=O) groups is 2. The molecule has 224 valence electrons. The van der Waals surface area contributed by atoms with E-state index in [0.717, 1.165) is 17.0 Å². The Balaban J connectivity index is 1.62. The van der Waals surface area contributed by atoms with Gasteiger partial charge < -0.3 is 13.8 Å². The lowest BCUT2D eigenvalue weighted by atomic mass is 9.63. The Morgan fingerprint density at radius 1 is 0.881 bits per heavy atom. The van der Waals surface area contributed by atoms with Crippen LogP contribution in [0.5, 0.6) is 5.75 Å². The molecule has 0 radical (unpaired) electrons. The SMILES string of the molecule is COCCN1C2=C(C(=O)CC(C)(C)C2)C(c2ccc(OS(=O)(=O)c3ccc(C)cc3)c(Cl)c2)C2=C1CC(C)(C)CC2=O. The molecule has 0 N–H and O–H groups in total. The van der Waals surface area contributed by atoms with E-state index in [1.165, 1.54) is 18.2 Å². The second-order valence-corrected chi connectivity index (χ2v) is 15.2. The number of hydrogen-bond acceptors (Lipinski definition) is 7. The molecule has 9 heteroatoms. The van der Waals surface area contributed by atoms with Crippen LogP contribution < -0.4 is 4.18 Å². The molecule has 0 aromatic heterocycles. The zero-order valence-corrected chi connectivity index (χ0v) is 26.6. The second kappa shape index (κ2) is 11.0. The summed E-state index contributed by atoms with van der Waals surface area (Å²) >= 11 is 6.66. The van der Waals surface area contributed by atoms with Gasteiger partial charge in [-0.05, 0) is 60.4 Å². The standard InChI is InChI=1S/C33H38ClNO6S/c1-20-7-10-22(11-8-20)42(38,39)41-28-12-9-21(15-23(28)34)29-30-24(16-32(2,3)18-26(30)36)35(13-14-40-6)25-17-33(4,5)19-27(37)31(25)29/h7-12,15,29H,13-14,16-19H2,1-6H3. The highest BCUT2D eigenvalue weighted by Crippen LogP contribution is 2.54. The average Bonchev–Trinajstić information content (AvgIpc) is 2.87. The first-order valence-corrected chi connectivity index (χ1v) is 16.0. The number of hydrogen-bond donors (Lipinski definition) is 0. The molecule has 0 atom stereocenters.